The van der Waals surface area contributed by atoms with Gasteiger partial charge in [0.1, 0.15) is 28.8 Å². The molecule has 34 heavy (non-hydrogen) atoms. The molecule has 4 N–H and O–H groups in total. The van der Waals surface area contributed by atoms with Crippen molar-refractivity contribution in [2.24, 2.45) is 5.73 Å². The van der Waals surface area contributed by atoms with Gasteiger partial charge in [-0.1, -0.05) is 17.0 Å². The van der Waals surface area contributed by atoms with Crippen molar-refractivity contribution in [1.82, 2.24) is 20.0 Å². The zero-order valence-electron chi connectivity index (χ0n) is 18.8. The molecule has 1 saturated carbocycles. The number of halogens is 1. The lowest BCUT2D eigenvalue weighted by Crippen LogP contribution is -2.30. The molecule has 174 valence electrons. The van der Waals surface area contributed by atoms with Crippen molar-refractivity contribution in [3.05, 3.63) is 58.0 Å². The van der Waals surface area contributed by atoms with Crippen molar-refractivity contribution in [3.8, 4) is 23.2 Å². The highest BCUT2D eigenvalue weighted by molar-refractivity contribution is 6.05. The first-order valence-electron chi connectivity index (χ1n) is 10.8. The number of nitrogens with one attached hydrogen (secondary N) is 1. The van der Waals surface area contributed by atoms with Gasteiger partial charge in [-0.3, -0.25) is 9.59 Å². The molecule has 4 heterocycles. The Morgan fingerprint density at radius 3 is 2.71 bits per heavy atom. The summed E-state index contributed by atoms with van der Waals surface area (Å²) in [5, 5.41) is 17.0. The summed E-state index contributed by atoms with van der Waals surface area (Å²) in [5.41, 5.74) is 5.39. The van der Waals surface area contributed by atoms with E-state index in [1.54, 1.807) is 23.6 Å². The second kappa shape index (κ2) is 7.53. The summed E-state index contributed by atoms with van der Waals surface area (Å²) in [6.45, 7) is 3.13. The number of benzene rings is 1. The third-order valence-electron chi connectivity index (χ3n) is 6.45. The maximum Gasteiger partial charge on any atom is 0.270 e. The number of aryl methyl sites for hydroxylation is 1. The lowest BCUT2D eigenvalue weighted by Gasteiger charge is -2.35. The van der Waals surface area contributed by atoms with Crippen LogP contribution in [0.4, 0.5) is 4.39 Å². The van der Waals surface area contributed by atoms with Crippen LogP contribution in [0.1, 0.15) is 75.3 Å². The van der Waals surface area contributed by atoms with Gasteiger partial charge in [0, 0.05) is 24.7 Å². The van der Waals surface area contributed by atoms with E-state index in [4.69, 9.17) is 10.3 Å². The van der Waals surface area contributed by atoms with E-state index >= 15 is 4.39 Å². The van der Waals surface area contributed by atoms with Crippen molar-refractivity contribution in [2.75, 3.05) is 7.05 Å². The highest BCUT2D eigenvalue weighted by atomic mass is 19.1. The second-order valence-corrected chi connectivity index (χ2v) is 8.83. The molecule has 2 aliphatic heterocycles. The van der Waals surface area contributed by atoms with E-state index in [-0.39, 0.29) is 34.6 Å². The standard InChI is InChI=1S/C24H22FN5O4/c1-11-6-18(29-34-11)24(2,33)5-4-12-9-16-15(10-17(12)25)13-7-14(8-13)30-20(23(32)27-3)19(21(26)31)28-22(16)30/h6,9-10,13-14,33H,7-8H2,1-3H3,(H2,26,31)(H,27,32)/t13?,14?,24-/m1/s1. The van der Waals surface area contributed by atoms with E-state index in [1.165, 1.54) is 20.0 Å². The van der Waals surface area contributed by atoms with Crippen LogP contribution in [-0.2, 0) is 5.60 Å². The molecule has 9 nitrogen and oxygen atoms in total. The number of aliphatic hydroxyl groups is 1. The summed E-state index contributed by atoms with van der Waals surface area (Å²) >= 11 is 0. The van der Waals surface area contributed by atoms with Gasteiger partial charge < -0.3 is 25.2 Å². The first kappa shape index (κ1) is 21.9. The Morgan fingerprint density at radius 1 is 1.35 bits per heavy atom. The van der Waals surface area contributed by atoms with E-state index in [9.17, 15) is 14.7 Å². The highest BCUT2D eigenvalue weighted by Crippen LogP contribution is 2.53. The van der Waals surface area contributed by atoms with Crippen LogP contribution in [-0.4, -0.2) is 38.7 Å². The molecule has 1 atom stereocenters. The minimum atomic E-state index is -1.66. The lowest BCUT2D eigenvalue weighted by molar-refractivity contribution is 0.0928. The molecule has 1 fully saturated rings. The summed E-state index contributed by atoms with van der Waals surface area (Å²) in [5.74, 6) is 4.50. The zero-order chi connectivity index (χ0) is 24.4. The molecule has 1 aliphatic carbocycles. The van der Waals surface area contributed by atoms with Gasteiger partial charge in [-0.2, -0.15) is 0 Å². The van der Waals surface area contributed by atoms with Gasteiger partial charge in [-0.25, -0.2) is 9.37 Å². The monoisotopic (exact) mass is 463 g/mol. The fraction of sp³-hybridized carbons (Fsp3) is 0.333. The van der Waals surface area contributed by atoms with Crippen molar-refractivity contribution in [2.45, 2.75) is 44.2 Å². The average Bonchev–Trinajstić information content (AvgIpc) is 3.31. The van der Waals surface area contributed by atoms with Crippen LogP contribution in [0.5, 0.6) is 0 Å². The quantitative estimate of drug-likeness (QED) is 0.509. The first-order chi connectivity index (χ1) is 16.1. The van der Waals surface area contributed by atoms with Crippen molar-refractivity contribution < 1.29 is 23.6 Å². The molecule has 2 amide bonds. The highest BCUT2D eigenvalue weighted by Gasteiger charge is 2.42. The van der Waals surface area contributed by atoms with Gasteiger partial charge in [0.05, 0.1) is 5.56 Å². The van der Waals surface area contributed by atoms with Crippen LogP contribution in [0, 0.1) is 24.6 Å². The van der Waals surface area contributed by atoms with Gasteiger partial charge >= 0.3 is 0 Å². The minimum Gasteiger partial charge on any atom is -0.372 e. The van der Waals surface area contributed by atoms with Crippen molar-refractivity contribution >= 4 is 11.8 Å². The molecule has 0 unspecified atom stereocenters. The number of carbonyl (C=O) groups is 2. The first-order valence-corrected chi connectivity index (χ1v) is 10.8. The van der Waals surface area contributed by atoms with Crippen molar-refractivity contribution in [3.63, 3.8) is 0 Å². The maximum absolute atomic E-state index is 15.1. The van der Waals surface area contributed by atoms with Gasteiger partial charge in [0.25, 0.3) is 11.8 Å². The topological polar surface area (TPSA) is 136 Å². The summed E-state index contributed by atoms with van der Waals surface area (Å²) < 4.78 is 21.8. The normalized spacial score (nSPS) is 19.4. The fourth-order valence-corrected chi connectivity index (χ4v) is 4.60. The third kappa shape index (κ3) is 3.28. The van der Waals surface area contributed by atoms with E-state index in [1.807, 2.05) is 0 Å². The molecule has 6 rings (SSSR count). The number of hydrogen-bond donors (Lipinski definition) is 3. The Labute approximate surface area is 194 Å². The van der Waals surface area contributed by atoms with Crippen LogP contribution < -0.4 is 11.1 Å². The number of carbonyl (C=O) groups excluding carboxylic acids is 2. The number of amides is 2. The van der Waals surface area contributed by atoms with E-state index in [2.05, 4.69) is 27.3 Å². The average molecular weight is 463 g/mol. The number of primary amides is 1. The van der Waals surface area contributed by atoms with Crippen LogP contribution in [0.3, 0.4) is 0 Å². The van der Waals surface area contributed by atoms with Gasteiger partial charge in [0.2, 0.25) is 0 Å². The van der Waals surface area contributed by atoms with Crippen LogP contribution in [0.25, 0.3) is 11.4 Å². The Balaban J connectivity index is 1.67. The number of nitrogens with zero attached hydrogens (tertiary/aromatic N) is 3. The summed E-state index contributed by atoms with van der Waals surface area (Å²) in [6.07, 6.45) is 1.37. The number of hydrogen-bond acceptors (Lipinski definition) is 6. The summed E-state index contributed by atoms with van der Waals surface area (Å²) in [6, 6.07) is 4.45. The predicted octanol–water partition coefficient (Wildman–Crippen LogP) is 2.14. The molecule has 1 aromatic carbocycles. The molecule has 0 radical (unpaired) electrons. The Hall–Kier alpha value is -3.97. The molecule has 0 spiro atoms. The summed E-state index contributed by atoms with van der Waals surface area (Å²) in [7, 11) is 1.46. The van der Waals surface area contributed by atoms with Gasteiger partial charge in [-0.15, -0.1) is 0 Å². The Bertz CT molecular complexity index is 1420. The molecular formula is C24H22FN5O4. The van der Waals surface area contributed by atoms with E-state index < -0.39 is 23.2 Å². The maximum atomic E-state index is 15.1. The molecular weight excluding hydrogens is 441 g/mol. The van der Waals surface area contributed by atoms with Gasteiger partial charge in [0.15, 0.2) is 11.3 Å². The predicted molar refractivity (Wildman–Crippen MR) is 118 cm³/mol. The molecule has 3 aliphatic rings. The Morgan fingerprint density at radius 2 is 2.09 bits per heavy atom. The van der Waals surface area contributed by atoms with Gasteiger partial charge in [-0.05, 0) is 50.3 Å². The zero-order valence-corrected chi connectivity index (χ0v) is 18.8. The fourth-order valence-electron chi connectivity index (χ4n) is 4.60. The second-order valence-electron chi connectivity index (χ2n) is 8.83. The smallest absolute Gasteiger partial charge is 0.270 e. The molecule has 2 aromatic heterocycles. The van der Waals surface area contributed by atoms with E-state index in [0.717, 1.165) is 5.56 Å². The number of nitrogens with two attached hydrogens (primary N) is 1. The molecule has 3 aromatic rings. The van der Waals surface area contributed by atoms with Crippen molar-refractivity contribution in [1.29, 1.82) is 0 Å². The number of imidazole rings is 1. The molecule has 0 saturated heterocycles. The molecule has 2 bridgehead atoms. The van der Waals surface area contributed by atoms with Crippen LogP contribution in [0.15, 0.2) is 22.7 Å². The number of rotatable bonds is 3. The number of aromatic nitrogens is 3. The Kier molecular flexibility index (Phi) is 4.84. The largest absolute Gasteiger partial charge is 0.372 e. The molecule has 10 heteroatoms. The minimum absolute atomic E-state index is 0.0370. The van der Waals surface area contributed by atoms with E-state index in [0.29, 0.717) is 30.0 Å². The lowest BCUT2D eigenvalue weighted by atomic mass is 9.75. The summed E-state index contributed by atoms with van der Waals surface area (Å²) in [4.78, 5) is 29.1. The third-order valence-corrected chi connectivity index (χ3v) is 6.45. The SMILES string of the molecule is CNC(=O)c1c(C(N)=O)nc2n1C1CC(C1)c1cc(F)c(C#C[C@@](C)(O)c3cc(C)on3)cc1-2. The van der Waals surface area contributed by atoms with Crippen LogP contribution >= 0.6 is 0 Å². The van der Waals surface area contributed by atoms with Crippen LogP contribution in [0.2, 0.25) is 0 Å².